The third-order valence-electron chi connectivity index (χ3n) is 7.78. The van der Waals surface area contributed by atoms with Gasteiger partial charge in [-0.3, -0.25) is 0 Å². The number of piperidine rings is 1. The van der Waals surface area contributed by atoms with Crippen LogP contribution in [0, 0.1) is 11.2 Å². The second-order valence-corrected chi connectivity index (χ2v) is 10.2. The van der Waals surface area contributed by atoms with Crippen LogP contribution in [0.15, 0.2) is 48.5 Å². The molecule has 3 aromatic rings. The van der Waals surface area contributed by atoms with Crippen LogP contribution in [0.3, 0.4) is 0 Å². The number of likely N-dealkylation sites (tertiary alicyclic amines) is 1. The maximum absolute atomic E-state index is 13.2. The first-order valence-electron chi connectivity index (χ1n) is 12.9. The number of tetrazole rings is 1. The first-order chi connectivity index (χ1) is 17.5. The molecule has 1 saturated heterocycles. The van der Waals surface area contributed by atoms with Gasteiger partial charge in [0, 0.05) is 42.8 Å². The Morgan fingerprint density at radius 2 is 1.97 bits per heavy atom. The molecule has 0 bridgehead atoms. The number of aryl methyl sites for hydroxylation is 1. The van der Waals surface area contributed by atoms with Gasteiger partial charge >= 0.3 is 6.03 Å². The number of benzene rings is 2. The lowest BCUT2D eigenvalue weighted by molar-refractivity contribution is 0.0276. The van der Waals surface area contributed by atoms with Gasteiger partial charge in [0.15, 0.2) is 5.82 Å². The summed E-state index contributed by atoms with van der Waals surface area (Å²) >= 11 is 0. The number of aromatic nitrogens is 4. The minimum Gasteiger partial charge on any atom is -0.335 e. The predicted octanol–water partition coefficient (Wildman–Crippen LogP) is 4.41. The summed E-state index contributed by atoms with van der Waals surface area (Å²) in [6, 6.07) is 14.4. The summed E-state index contributed by atoms with van der Waals surface area (Å²) in [5.41, 5.74) is 2.82. The second-order valence-electron chi connectivity index (χ2n) is 10.2. The van der Waals surface area contributed by atoms with Crippen LogP contribution >= 0.6 is 0 Å². The molecule has 190 valence electrons. The van der Waals surface area contributed by atoms with Crippen molar-refractivity contribution < 1.29 is 9.18 Å². The predicted molar refractivity (Wildman–Crippen MR) is 137 cm³/mol. The molecule has 2 atom stereocenters. The topological polar surface area (TPSA) is 88.0 Å². The molecule has 36 heavy (non-hydrogen) atoms. The van der Waals surface area contributed by atoms with Crippen molar-refractivity contribution in [3.05, 3.63) is 59.9 Å². The van der Waals surface area contributed by atoms with Crippen LogP contribution in [0.5, 0.6) is 0 Å². The minimum absolute atomic E-state index is 0.1000. The number of urea groups is 1. The SMILES string of the molecule is Cn1nnnc1-c1cccc(NC(=O)NC2CCCCC23CCCN(CCc2ccc(F)cc2)C3)c1. The van der Waals surface area contributed by atoms with Gasteiger partial charge in [0.1, 0.15) is 5.82 Å². The molecule has 2 unspecified atom stereocenters. The third kappa shape index (κ3) is 5.56. The molecule has 1 aromatic heterocycles. The van der Waals surface area contributed by atoms with Crippen molar-refractivity contribution in [3.8, 4) is 11.4 Å². The standard InChI is InChI=1S/C27H34FN7O/c1-34-25(31-32-33-34)21-6-4-7-23(18-21)29-26(36)30-24-8-2-3-14-27(24)15-5-16-35(19-27)17-13-20-9-11-22(28)12-10-20/h4,6-7,9-12,18,24H,2-3,5,8,13-17,19H2,1H3,(H2,29,30,36). The number of carbonyl (C=O) groups is 1. The van der Waals surface area contributed by atoms with Gasteiger partial charge in [-0.15, -0.1) is 5.10 Å². The average molecular weight is 492 g/mol. The number of amides is 2. The Hall–Kier alpha value is -3.33. The van der Waals surface area contributed by atoms with Gasteiger partial charge in [-0.1, -0.05) is 37.1 Å². The van der Waals surface area contributed by atoms with E-state index in [1.807, 2.05) is 36.4 Å². The summed E-state index contributed by atoms with van der Waals surface area (Å²) in [7, 11) is 1.79. The Labute approximate surface area is 211 Å². The molecule has 2 N–H and O–H groups in total. The monoisotopic (exact) mass is 491 g/mol. The van der Waals surface area contributed by atoms with E-state index in [1.165, 1.54) is 18.6 Å². The molecule has 1 spiro atoms. The first-order valence-corrected chi connectivity index (χ1v) is 12.9. The van der Waals surface area contributed by atoms with Gasteiger partial charge in [0.05, 0.1) is 0 Å². The summed E-state index contributed by atoms with van der Waals surface area (Å²) in [5.74, 6) is 0.454. The van der Waals surface area contributed by atoms with Crippen LogP contribution in [0.1, 0.15) is 44.1 Å². The van der Waals surface area contributed by atoms with Crippen molar-refractivity contribution in [2.24, 2.45) is 12.5 Å². The zero-order valence-corrected chi connectivity index (χ0v) is 20.8. The average Bonchev–Trinajstić information content (AvgIpc) is 3.31. The Morgan fingerprint density at radius 1 is 1.14 bits per heavy atom. The molecular formula is C27H34FN7O. The number of halogens is 1. The summed E-state index contributed by atoms with van der Waals surface area (Å²) in [5, 5.41) is 18.0. The molecule has 2 fully saturated rings. The van der Waals surface area contributed by atoms with Gasteiger partial charge in [0.2, 0.25) is 0 Å². The van der Waals surface area contributed by atoms with Crippen LogP contribution in [0.25, 0.3) is 11.4 Å². The molecule has 2 aliphatic rings. The van der Waals surface area contributed by atoms with Crippen molar-refractivity contribution in [2.75, 3.05) is 25.0 Å². The van der Waals surface area contributed by atoms with E-state index in [-0.39, 0.29) is 23.3 Å². The lowest BCUT2D eigenvalue weighted by atomic mass is 9.65. The smallest absolute Gasteiger partial charge is 0.319 e. The van der Waals surface area contributed by atoms with Crippen LogP contribution in [0.2, 0.25) is 0 Å². The van der Waals surface area contributed by atoms with E-state index in [1.54, 1.807) is 11.7 Å². The van der Waals surface area contributed by atoms with Gasteiger partial charge in [0.25, 0.3) is 0 Å². The number of hydrogen-bond acceptors (Lipinski definition) is 5. The highest BCUT2D eigenvalue weighted by Gasteiger charge is 2.44. The largest absolute Gasteiger partial charge is 0.335 e. The first kappa shape index (κ1) is 24.4. The van der Waals surface area contributed by atoms with Crippen LogP contribution in [-0.2, 0) is 13.5 Å². The number of nitrogens with zero attached hydrogens (tertiary/aromatic N) is 5. The molecule has 8 nitrogen and oxygen atoms in total. The van der Waals surface area contributed by atoms with Crippen LogP contribution in [0.4, 0.5) is 14.9 Å². The maximum Gasteiger partial charge on any atom is 0.319 e. The van der Waals surface area contributed by atoms with E-state index in [0.717, 1.165) is 69.3 Å². The van der Waals surface area contributed by atoms with E-state index in [0.29, 0.717) is 11.5 Å². The molecule has 2 heterocycles. The molecule has 1 aliphatic carbocycles. The van der Waals surface area contributed by atoms with Gasteiger partial charge in [-0.05, 0) is 78.9 Å². The quantitative estimate of drug-likeness (QED) is 0.534. The molecule has 9 heteroatoms. The fourth-order valence-corrected chi connectivity index (χ4v) is 5.94. The number of hydrogen-bond donors (Lipinski definition) is 2. The van der Waals surface area contributed by atoms with E-state index < -0.39 is 0 Å². The molecule has 2 amide bonds. The highest BCUT2D eigenvalue weighted by molar-refractivity contribution is 5.90. The summed E-state index contributed by atoms with van der Waals surface area (Å²) in [4.78, 5) is 15.6. The number of rotatable bonds is 6. The van der Waals surface area contributed by atoms with Crippen molar-refractivity contribution in [1.82, 2.24) is 30.4 Å². The van der Waals surface area contributed by atoms with E-state index >= 15 is 0 Å². The lowest BCUT2D eigenvalue weighted by Crippen LogP contribution is -2.57. The highest BCUT2D eigenvalue weighted by atomic mass is 19.1. The number of nitrogens with one attached hydrogen (secondary N) is 2. The van der Waals surface area contributed by atoms with Crippen molar-refractivity contribution in [3.63, 3.8) is 0 Å². The lowest BCUT2D eigenvalue weighted by Gasteiger charge is -2.50. The Kier molecular flexibility index (Phi) is 7.27. The summed E-state index contributed by atoms with van der Waals surface area (Å²) in [6.45, 7) is 3.02. The van der Waals surface area contributed by atoms with Crippen LogP contribution in [-0.4, -0.2) is 56.8 Å². The molecule has 1 aliphatic heterocycles. The molecule has 2 aromatic carbocycles. The highest BCUT2D eigenvalue weighted by Crippen LogP contribution is 2.43. The normalized spacial score (nSPS) is 22.4. The Balaban J connectivity index is 1.22. The molecule has 0 radical (unpaired) electrons. The van der Waals surface area contributed by atoms with E-state index in [4.69, 9.17) is 0 Å². The number of carbonyl (C=O) groups excluding carboxylic acids is 1. The fourth-order valence-electron chi connectivity index (χ4n) is 5.94. The van der Waals surface area contributed by atoms with Crippen molar-refractivity contribution in [2.45, 2.75) is 51.0 Å². The summed E-state index contributed by atoms with van der Waals surface area (Å²) < 4.78 is 14.9. The molecule has 1 saturated carbocycles. The Bertz CT molecular complexity index is 1180. The molecular weight excluding hydrogens is 457 g/mol. The molecule has 5 rings (SSSR count). The van der Waals surface area contributed by atoms with E-state index in [9.17, 15) is 9.18 Å². The van der Waals surface area contributed by atoms with Crippen molar-refractivity contribution >= 4 is 11.7 Å². The fraction of sp³-hybridized carbons (Fsp3) is 0.481. The summed E-state index contributed by atoms with van der Waals surface area (Å²) in [6.07, 6.45) is 7.67. The van der Waals surface area contributed by atoms with Crippen molar-refractivity contribution in [1.29, 1.82) is 0 Å². The third-order valence-corrected chi connectivity index (χ3v) is 7.78. The number of anilines is 1. The zero-order chi connectivity index (χ0) is 25.0. The Morgan fingerprint density at radius 3 is 2.78 bits per heavy atom. The van der Waals surface area contributed by atoms with Gasteiger partial charge in [-0.2, -0.15) is 0 Å². The maximum atomic E-state index is 13.2. The van der Waals surface area contributed by atoms with E-state index in [2.05, 4.69) is 31.1 Å². The minimum atomic E-state index is -0.192. The van der Waals surface area contributed by atoms with Gasteiger partial charge < -0.3 is 15.5 Å². The van der Waals surface area contributed by atoms with Gasteiger partial charge in [-0.25, -0.2) is 13.9 Å². The van der Waals surface area contributed by atoms with Crippen LogP contribution < -0.4 is 10.6 Å². The second kappa shape index (κ2) is 10.7. The zero-order valence-electron chi connectivity index (χ0n) is 20.8.